The normalized spacial score (nSPS) is 16.6. The molecule has 1 fully saturated rings. The molecule has 4 rings (SSSR count). The number of hydrogen-bond donors (Lipinski definition) is 4. The van der Waals surface area contributed by atoms with Gasteiger partial charge in [-0.1, -0.05) is 20.3 Å². The molecule has 1 aromatic heterocycles. The van der Waals surface area contributed by atoms with E-state index >= 15 is 0 Å². The maximum atomic E-state index is 13.5. The number of nitrogens with two attached hydrogens (primary N) is 3. The van der Waals surface area contributed by atoms with Crippen LogP contribution >= 0.6 is 12.0 Å². The summed E-state index contributed by atoms with van der Waals surface area (Å²) in [5.74, 6) is -1.52. The van der Waals surface area contributed by atoms with Crippen LogP contribution in [0.15, 0.2) is 24.4 Å². The zero-order valence-corrected chi connectivity index (χ0v) is 23.7. The van der Waals surface area contributed by atoms with Gasteiger partial charge in [0.05, 0.1) is 23.2 Å². The van der Waals surface area contributed by atoms with Gasteiger partial charge in [-0.05, 0) is 67.8 Å². The molecule has 9 nitrogen and oxygen atoms in total. The van der Waals surface area contributed by atoms with Crippen molar-refractivity contribution in [3.63, 3.8) is 0 Å². The number of fused-ring (bicyclic) bond motifs is 1. The fourth-order valence-electron chi connectivity index (χ4n) is 4.86. The summed E-state index contributed by atoms with van der Waals surface area (Å²) in [6.45, 7) is 3.68. The Bertz CT molecular complexity index is 1210. The van der Waals surface area contributed by atoms with Crippen molar-refractivity contribution in [1.29, 1.82) is 0 Å². The number of primary amides is 1. The van der Waals surface area contributed by atoms with Crippen LogP contribution in [0.2, 0.25) is 0 Å². The van der Waals surface area contributed by atoms with Crippen molar-refractivity contribution in [3.8, 4) is 5.69 Å². The minimum absolute atomic E-state index is 0.0104. The molecule has 0 unspecified atom stereocenters. The van der Waals surface area contributed by atoms with Crippen LogP contribution in [0.4, 0.5) is 18.9 Å². The highest BCUT2D eigenvalue weighted by molar-refractivity contribution is 7.93. The number of carbonyl (C=O) groups excluding carboxylic acids is 3. The highest BCUT2D eigenvalue weighted by Crippen LogP contribution is 2.43. The monoisotopic (exact) mass is 586 g/mol. The molecule has 40 heavy (non-hydrogen) atoms. The van der Waals surface area contributed by atoms with Crippen molar-refractivity contribution >= 4 is 35.4 Å². The highest BCUT2D eigenvalue weighted by atomic mass is 32.2. The standard InChI is InChI=1S/C18H18F3N3O2.C8H15NO2.CH4OS/c1-17(2)6-13-15(14(25)7-17)11(18(19,20)21)8-24(13)9-3-4-10(16(23)26)12(22)5-9;9-6-8(10)11-7-4-2-1-3-5-7;1-3-2/h3-5,8H,6-7,22H2,1-2H3,(H2,23,26);7H,1-6,9H2;2H,1H3. The fraction of sp³-hybridized carbons (Fsp3) is 0.519. The molecule has 2 aliphatic carbocycles. The van der Waals surface area contributed by atoms with E-state index in [2.05, 4.69) is 0 Å². The van der Waals surface area contributed by atoms with Crippen molar-refractivity contribution < 1.29 is 36.8 Å². The van der Waals surface area contributed by atoms with Crippen LogP contribution in [-0.2, 0) is 22.1 Å². The lowest BCUT2D eigenvalue weighted by atomic mass is 9.75. The number of ether oxygens (including phenoxy) is 1. The van der Waals surface area contributed by atoms with Crippen molar-refractivity contribution in [2.45, 2.75) is 71.1 Å². The van der Waals surface area contributed by atoms with Crippen molar-refractivity contribution in [2.75, 3.05) is 18.5 Å². The Morgan fingerprint density at radius 3 is 2.27 bits per heavy atom. The number of esters is 1. The predicted molar refractivity (Wildman–Crippen MR) is 148 cm³/mol. The Morgan fingerprint density at radius 1 is 1.18 bits per heavy atom. The topological polar surface area (TPSA) is 164 Å². The first-order valence-electron chi connectivity index (χ1n) is 12.8. The summed E-state index contributed by atoms with van der Waals surface area (Å²) < 4.78 is 54.3. The van der Waals surface area contributed by atoms with E-state index in [1.165, 1.54) is 42.0 Å². The SMILES string of the molecule is CC1(C)CC(=O)c2c(C(F)(F)F)cn(-c3ccc(C(N)=O)c(N)c3)c2C1.CSO.NCC(=O)OC1CCCCC1. The Balaban J connectivity index is 0.000000333. The number of aromatic nitrogens is 1. The largest absolute Gasteiger partial charge is 0.461 e. The summed E-state index contributed by atoms with van der Waals surface area (Å²) in [5.41, 5.74) is 15.2. The van der Waals surface area contributed by atoms with Crippen LogP contribution in [0, 0.1) is 5.41 Å². The van der Waals surface area contributed by atoms with Gasteiger partial charge in [0.1, 0.15) is 6.10 Å². The third-order valence-electron chi connectivity index (χ3n) is 6.57. The van der Waals surface area contributed by atoms with Gasteiger partial charge in [-0.15, -0.1) is 0 Å². The number of nitrogens with zero attached hydrogens (tertiary/aromatic N) is 1. The van der Waals surface area contributed by atoms with Gasteiger partial charge >= 0.3 is 12.1 Å². The molecular formula is C27H37F3N4O5S. The van der Waals surface area contributed by atoms with E-state index in [4.69, 9.17) is 26.5 Å². The zero-order chi connectivity index (χ0) is 30.3. The van der Waals surface area contributed by atoms with Crippen LogP contribution < -0.4 is 17.2 Å². The number of Topliss-reactive ketones (excluding diaryl/α,β-unsaturated/α-hetero) is 1. The number of ketones is 1. The van der Waals surface area contributed by atoms with Crippen LogP contribution in [0.25, 0.3) is 5.69 Å². The second kappa shape index (κ2) is 14.0. The summed E-state index contributed by atoms with van der Waals surface area (Å²) in [4.78, 5) is 34.5. The van der Waals surface area contributed by atoms with Gasteiger partial charge in [0.2, 0.25) is 0 Å². The molecule has 1 heterocycles. The molecule has 0 radical (unpaired) electrons. The maximum absolute atomic E-state index is 13.5. The minimum atomic E-state index is -4.65. The molecule has 2 aliphatic rings. The molecule has 7 N–H and O–H groups in total. The van der Waals surface area contributed by atoms with Gasteiger partial charge in [-0.2, -0.15) is 13.2 Å². The van der Waals surface area contributed by atoms with Crippen molar-refractivity contribution in [3.05, 3.63) is 46.8 Å². The number of hydrogen-bond acceptors (Lipinski definition) is 8. The molecule has 0 saturated heterocycles. The molecule has 13 heteroatoms. The smallest absolute Gasteiger partial charge is 0.418 e. The zero-order valence-electron chi connectivity index (χ0n) is 22.8. The molecule has 1 saturated carbocycles. The highest BCUT2D eigenvalue weighted by Gasteiger charge is 2.43. The second-order valence-electron chi connectivity index (χ2n) is 10.4. The first kappa shape index (κ1) is 33.2. The van der Waals surface area contributed by atoms with Crippen molar-refractivity contribution in [1.82, 2.24) is 4.57 Å². The quantitative estimate of drug-likeness (QED) is 0.221. The Hall–Kier alpha value is -3.03. The second-order valence-corrected chi connectivity index (χ2v) is 10.8. The summed E-state index contributed by atoms with van der Waals surface area (Å²) in [6, 6.07) is 4.21. The van der Waals surface area contributed by atoms with E-state index in [0.717, 1.165) is 31.1 Å². The van der Waals surface area contributed by atoms with Gasteiger partial charge in [0.15, 0.2) is 5.78 Å². The Kier molecular flexibility index (Phi) is 11.6. The van der Waals surface area contributed by atoms with E-state index in [0.29, 0.717) is 17.8 Å². The number of carbonyl (C=O) groups is 3. The lowest BCUT2D eigenvalue weighted by molar-refractivity contribution is -0.148. The molecule has 0 spiro atoms. The summed E-state index contributed by atoms with van der Waals surface area (Å²) >= 11 is 0.750. The molecule has 222 valence electrons. The average Bonchev–Trinajstić information content (AvgIpc) is 3.24. The molecule has 0 atom stereocenters. The molecule has 2 aromatic rings. The average molecular weight is 587 g/mol. The van der Waals surface area contributed by atoms with Gasteiger partial charge in [0, 0.05) is 35.9 Å². The minimum Gasteiger partial charge on any atom is -0.461 e. The number of anilines is 1. The third-order valence-corrected chi connectivity index (χ3v) is 6.57. The number of nitrogen functional groups attached to an aromatic ring is 1. The lowest BCUT2D eigenvalue weighted by Crippen LogP contribution is -2.29. The first-order valence-corrected chi connectivity index (χ1v) is 13.9. The number of halogens is 3. The van der Waals surface area contributed by atoms with Crippen LogP contribution in [0.1, 0.15) is 84.3 Å². The molecular weight excluding hydrogens is 549 g/mol. The summed E-state index contributed by atoms with van der Waals surface area (Å²) in [7, 11) is 0. The Morgan fingerprint density at radius 2 is 1.77 bits per heavy atom. The van der Waals surface area contributed by atoms with E-state index in [1.807, 2.05) is 13.8 Å². The lowest BCUT2D eigenvalue weighted by Gasteiger charge is -2.30. The number of rotatable bonds is 4. The number of alkyl halides is 3. The first-order chi connectivity index (χ1) is 18.6. The molecule has 0 aliphatic heterocycles. The van der Waals surface area contributed by atoms with E-state index in [9.17, 15) is 27.6 Å². The van der Waals surface area contributed by atoms with Gasteiger partial charge < -0.3 is 31.1 Å². The van der Waals surface area contributed by atoms with Gasteiger partial charge in [0.25, 0.3) is 5.91 Å². The van der Waals surface area contributed by atoms with E-state index in [1.54, 1.807) is 6.26 Å². The molecule has 0 bridgehead atoms. The van der Waals surface area contributed by atoms with Gasteiger partial charge in [-0.25, -0.2) is 0 Å². The van der Waals surface area contributed by atoms with Crippen LogP contribution in [-0.4, -0.2) is 45.7 Å². The van der Waals surface area contributed by atoms with Gasteiger partial charge in [-0.3, -0.25) is 14.4 Å². The third kappa shape index (κ3) is 8.73. The number of amides is 1. The molecule has 1 aromatic carbocycles. The predicted octanol–water partition coefficient (Wildman–Crippen LogP) is 4.98. The summed E-state index contributed by atoms with van der Waals surface area (Å²) in [5, 5.41) is 0. The number of benzene rings is 1. The van der Waals surface area contributed by atoms with Crippen molar-refractivity contribution in [2.24, 2.45) is 16.9 Å². The summed E-state index contributed by atoms with van der Waals surface area (Å²) in [6.07, 6.45) is 4.06. The van der Waals surface area contributed by atoms with Crippen LogP contribution in [0.3, 0.4) is 0 Å². The maximum Gasteiger partial charge on any atom is 0.418 e. The molecule has 1 amide bonds. The van der Waals surface area contributed by atoms with E-state index in [-0.39, 0.29) is 41.9 Å². The Labute approximate surface area is 235 Å². The van der Waals surface area contributed by atoms with Crippen LogP contribution in [0.5, 0.6) is 0 Å². The van der Waals surface area contributed by atoms with E-state index < -0.39 is 28.8 Å². The fourth-order valence-corrected chi connectivity index (χ4v) is 4.86.